The quantitative estimate of drug-likeness (QED) is 0.632. The second-order valence-electron chi connectivity index (χ2n) is 7.08. The van der Waals surface area contributed by atoms with Crippen LogP contribution < -0.4 is 5.32 Å². The minimum Gasteiger partial charge on any atom is -0.466 e. The van der Waals surface area contributed by atoms with Gasteiger partial charge < -0.3 is 19.4 Å². The standard InChI is InChI=1S/C18H26BNO5/c1-6-23-15(21)12-14(19-24-17(2,3)18(4,5)25-19)20-16(22)13-10-8-7-9-11-13/h7-11,14H,6,12H2,1-5H3,(H,20,22)/t14-/m1/s1. The Balaban J connectivity index is 2.16. The van der Waals surface area contributed by atoms with E-state index < -0.39 is 30.2 Å². The Kier molecular flexibility index (Phi) is 5.90. The fourth-order valence-electron chi connectivity index (χ4n) is 2.51. The number of hydrogen-bond acceptors (Lipinski definition) is 5. The first-order valence-corrected chi connectivity index (χ1v) is 8.53. The summed E-state index contributed by atoms with van der Waals surface area (Å²) in [6.07, 6.45) is -0.0246. The largest absolute Gasteiger partial charge is 0.482 e. The van der Waals surface area contributed by atoms with Crippen molar-refractivity contribution >= 4 is 19.0 Å². The molecule has 0 aliphatic carbocycles. The first kappa shape index (κ1) is 19.5. The summed E-state index contributed by atoms with van der Waals surface area (Å²) >= 11 is 0. The Bertz CT molecular complexity index is 601. The second kappa shape index (κ2) is 7.58. The SMILES string of the molecule is CCOC(=O)C[C@@H](NC(=O)c1ccccc1)B1OC(C)(C)C(C)(C)O1. The molecule has 7 heteroatoms. The van der Waals surface area contributed by atoms with Gasteiger partial charge in [0.05, 0.1) is 30.2 Å². The third kappa shape index (κ3) is 4.61. The lowest BCUT2D eigenvalue weighted by molar-refractivity contribution is -0.143. The van der Waals surface area contributed by atoms with Crippen molar-refractivity contribution in [2.24, 2.45) is 0 Å². The average molecular weight is 347 g/mol. The number of benzene rings is 1. The lowest BCUT2D eigenvalue weighted by Crippen LogP contribution is -2.49. The molecule has 2 rings (SSSR count). The minimum absolute atomic E-state index is 0.0246. The van der Waals surface area contributed by atoms with Gasteiger partial charge in [0, 0.05) is 5.56 Å². The maximum atomic E-state index is 12.5. The van der Waals surface area contributed by atoms with E-state index in [0.717, 1.165) is 0 Å². The zero-order chi connectivity index (χ0) is 18.7. The summed E-state index contributed by atoms with van der Waals surface area (Å²) in [5.74, 6) is -1.34. The third-order valence-corrected chi connectivity index (χ3v) is 4.64. The lowest BCUT2D eigenvalue weighted by Gasteiger charge is -2.32. The van der Waals surface area contributed by atoms with Crippen molar-refractivity contribution in [2.45, 2.75) is 58.2 Å². The van der Waals surface area contributed by atoms with Crippen LogP contribution in [0.4, 0.5) is 0 Å². The van der Waals surface area contributed by atoms with Crippen molar-refractivity contribution in [3.8, 4) is 0 Å². The van der Waals surface area contributed by atoms with Gasteiger partial charge in [0.1, 0.15) is 0 Å². The molecule has 0 aromatic heterocycles. The number of rotatable bonds is 6. The van der Waals surface area contributed by atoms with Crippen molar-refractivity contribution in [3.05, 3.63) is 35.9 Å². The molecule has 0 radical (unpaired) electrons. The van der Waals surface area contributed by atoms with Crippen LogP contribution in [0.5, 0.6) is 0 Å². The second-order valence-corrected chi connectivity index (χ2v) is 7.08. The van der Waals surface area contributed by atoms with Gasteiger partial charge in [-0.05, 0) is 46.8 Å². The van der Waals surface area contributed by atoms with Gasteiger partial charge in [0.2, 0.25) is 0 Å². The molecule has 1 N–H and O–H groups in total. The van der Waals surface area contributed by atoms with Crippen molar-refractivity contribution in [2.75, 3.05) is 6.61 Å². The van der Waals surface area contributed by atoms with Crippen molar-refractivity contribution < 1.29 is 23.6 Å². The molecule has 1 amide bonds. The molecule has 1 fully saturated rings. The average Bonchev–Trinajstić information content (AvgIpc) is 2.76. The summed E-state index contributed by atoms with van der Waals surface area (Å²) in [4.78, 5) is 24.5. The molecule has 1 aliphatic rings. The molecule has 6 nitrogen and oxygen atoms in total. The number of ether oxygens (including phenoxy) is 1. The summed E-state index contributed by atoms with van der Waals surface area (Å²) < 4.78 is 17.0. The minimum atomic E-state index is -0.734. The summed E-state index contributed by atoms with van der Waals surface area (Å²) in [6, 6.07) is 8.82. The Labute approximate surface area is 149 Å². The normalized spacial score (nSPS) is 19.3. The molecule has 1 saturated heterocycles. The molecule has 1 aromatic carbocycles. The van der Waals surface area contributed by atoms with E-state index in [4.69, 9.17) is 14.0 Å². The molecular formula is C18H26BNO5. The van der Waals surface area contributed by atoms with Gasteiger partial charge in [-0.1, -0.05) is 18.2 Å². The van der Waals surface area contributed by atoms with Gasteiger partial charge in [-0.3, -0.25) is 9.59 Å². The summed E-state index contributed by atoms with van der Waals surface area (Å²) in [7, 11) is -0.734. The van der Waals surface area contributed by atoms with Crippen molar-refractivity contribution in [3.63, 3.8) is 0 Å². The highest BCUT2D eigenvalue weighted by Gasteiger charge is 2.54. The summed E-state index contributed by atoms with van der Waals surface area (Å²) in [5.41, 5.74) is -0.600. The number of nitrogens with one attached hydrogen (secondary N) is 1. The van der Waals surface area contributed by atoms with Crippen LogP contribution in [0.2, 0.25) is 0 Å². The number of amides is 1. The predicted molar refractivity (Wildman–Crippen MR) is 95.0 cm³/mol. The molecule has 1 heterocycles. The molecule has 1 atom stereocenters. The Morgan fingerprint density at radius 3 is 2.20 bits per heavy atom. The molecule has 0 bridgehead atoms. The van der Waals surface area contributed by atoms with Gasteiger partial charge in [-0.15, -0.1) is 0 Å². The summed E-state index contributed by atoms with van der Waals surface area (Å²) in [5, 5.41) is 2.85. The van der Waals surface area contributed by atoms with Crippen LogP contribution in [-0.2, 0) is 18.8 Å². The third-order valence-electron chi connectivity index (χ3n) is 4.64. The van der Waals surface area contributed by atoms with Gasteiger partial charge in [0.25, 0.3) is 5.91 Å². The van der Waals surface area contributed by atoms with Crippen LogP contribution in [0.25, 0.3) is 0 Å². The fourth-order valence-corrected chi connectivity index (χ4v) is 2.51. The highest BCUT2D eigenvalue weighted by molar-refractivity contribution is 6.48. The van der Waals surface area contributed by atoms with Crippen LogP contribution in [0.1, 0.15) is 51.4 Å². The van der Waals surface area contributed by atoms with Crippen LogP contribution in [0.3, 0.4) is 0 Å². The Morgan fingerprint density at radius 2 is 1.68 bits per heavy atom. The van der Waals surface area contributed by atoms with Crippen LogP contribution in [-0.4, -0.2) is 42.7 Å². The van der Waals surface area contributed by atoms with Crippen molar-refractivity contribution in [1.29, 1.82) is 0 Å². The van der Waals surface area contributed by atoms with Gasteiger partial charge in [-0.25, -0.2) is 0 Å². The first-order chi connectivity index (χ1) is 11.7. The number of esters is 1. The van der Waals surface area contributed by atoms with Crippen LogP contribution in [0.15, 0.2) is 30.3 Å². The lowest BCUT2D eigenvalue weighted by atomic mass is 9.76. The summed E-state index contributed by atoms with van der Waals surface area (Å²) in [6.45, 7) is 9.72. The highest BCUT2D eigenvalue weighted by Crippen LogP contribution is 2.37. The molecule has 0 saturated carbocycles. The maximum Gasteiger partial charge on any atom is 0.482 e. The maximum absolute atomic E-state index is 12.5. The Hall–Kier alpha value is -1.86. The van der Waals surface area contributed by atoms with E-state index >= 15 is 0 Å². The smallest absolute Gasteiger partial charge is 0.466 e. The van der Waals surface area contributed by atoms with Crippen LogP contribution in [0, 0.1) is 0 Å². The number of hydrogen-bond donors (Lipinski definition) is 1. The molecule has 0 spiro atoms. The fraction of sp³-hybridized carbons (Fsp3) is 0.556. The van der Waals surface area contributed by atoms with E-state index in [1.807, 2.05) is 33.8 Å². The molecule has 0 unspecified atom stereocenters. The van der Waals surface area contributed by atoms with E-state index in [0.29, 0.717) is 5.56 Å². The number of carbonyl (C=O) groups excluding carboxylic acids is 2. The van der Waals surface area contributed by atoms with E-state index in [1.54, 1.807) is 31.2 Å². The van der Waals surface area contributed by atoms with Gasteiger partial charge >= 0.3 is 13.1 Å². The zero-order valence-electron chi connectivity index (χ0n) is 15.5. The van der Waals surface area contributed by atoms with Crippen LogP contribution >= 0.6 is 0 Å². The zero-order valence-corrected chi connectivity index (χ0v) is 15.5. The van der Waals surface area contributed by atoms with Gasteiger partial charge in [0.15, 0.2) is 0 Å². The van der Waals surface area contributed by atoms with E-state index in [-0.39, 0.29) is 18.9 Å². The molecule has 1 aliphatic heterocycles. The predicted octanol–water partition coefficient (Wildman–Crippen LogP) is 2.37. The molecular weight excluding hydrogens is 321 g/mol. The van der Waals surface area contributed by atoms with Crippen molar-refractivity contribution in [1.82, 2.24) is 5.32 Å². The highest BCUT2D eigenvalue weighted by atomic mass is 16.7. The Morgan fingerprint density at radius 1 is 1.12 bits per heavy atom. The van der Waals surface area contributed by atoms with E-state index in [9.17, 15) is 9.59 Å². The van der Waals surface area contributed by atoms with E-state index in [2.05, 4.69) is 5.32 Å². The monoisotopic (exact) mass is 347 g/mol. The molecule has 25 heavy (non-hydrogen) atoms. The first-order valence-electron chi connectivity index (χ1n) is 8.53. The van der Waals surface area contributed by atoms with E-state index in [1.165, 1.54) is 0 Å². The topological polar surface area (TPSA) is 73.9 Å². The molecule has 1 aromatic rings. The van der Waals surface area contributed by atoms with Gasteiger partial charge in [-0.2, -0.15) is 0 Å². The molecule has 136 valence electrons. The number of carbonyl (C=O) groups is 2.